The fourth-order valence-corrected chi connectivity index (χ4v) is 3.00. The minimum Gasteiger partial charge on any atom is -0.490 e. The van der Waals surface area contributed by atoms with Gasteiger partial charge in [-0.25, -0.2) is 0 Å². The molecule has 6 nitrogen and oxygen atoms in total. The van der Waals surface area contributed by atoms with Gasteiger partial charge in [-0.15, -0.1) is 13.2 Å². The Balaban J connectivity index is 1.46. The smallest absolute Gasteiger partial charge is 0.490 e. The van der Waals surface area contributed by atoms with Crippen molar-refractivity contribution < 1.29 is 32.2 Å². The number of hydrogen-bond donors (Lipinski definition) is 1. The fraction of sp³-hybridized carbons (Fsp3) is 0.182. The minimum absolute atomic E-state index is 0.290. The Morgan fingerprint density at radius 1 is 1.00 bits per heavy atom. The molecule has 0 unspecified atom stereocenters. The van der Waals surface area contributed by atoms with Crippen LogP contribution in [0, 0.1) is 0 Å². The van der Waals surface area contributed by atoms with Gasteiger partial charge >= 0.3 is 6.36 Å². The number of pyridine rings is 1. The number of carbonyl (C=O) groups excluding carboxylic acids is 1. The van der Waals surface area contributed by atoms with Crippen molar-refractivity contribution in [2.75, 3.05) is 18.5 Å². The second-order valence-electron chi connectivity index (χ2n) is 6.67. The molecular formula is C22H17F3N2O4. The molecule has 1 aromatic heterocycles. The summed E-state index contributed by atoms with van der Waals surface area (Å²) in [5.41, 5.74) is 1.66. The number of alkyl halides is 3. The lowest BCUT2D eigenvalue weighted by atomic mass is 10.1. The number of ether oxygens (including phenoxy) is 3. The zero-order valence-corrected chi connectivity index (χ0v) is 16.1. The van der Waals surface area contributed by atoms with Crippen LogP contribution in [-0.2, 0) is 0 Å². The number of benzene rings is 2. The SMILES string of the molecule is O=C(Nc1ccc2c(c1)OCCCO2)c1ccc(-c2cccc(OC(F)(F)F)c2)nc1. The molecule has 9 heteroatoms. The van der Waals surface area contributed by atoms with Crippen LogP contribution in [0.3, 0.4) is 0 Å². The predicted octanol–water partition coefficient (Wildman–Crippen LogP) is 5.06. The Hall–Kier alpha value is -3.75. The number of hydrogen-bond acceptors (Lipinski definition) is 5. The van der Waals surface area contributed by atoms with Gasteiger partial charge in [0.25, 0.3) is 5.91 Å². The van der Waals surface area contributed by atoms with Gasteiger partial charge < -0.3 is 19.5 Å². The van der Waals surface area contributed by atoms with Crippen LogP contribution in [0.1, 0.15) is 16.8 Å². The number of rotatable bonds is 4. The molecule has 0 saturated carbocycles. The topological polar surface area (TPSA) is 69.7 Å². The first-order valence-corrected chi connectivity index (χ1v) is 9.41. The molecule has 1 N–H and O–H groups in total. The lowest BCUT2D eigenvalue weighted by molar-refractivity contribution is -0.274. The van der Waals surface area contributed by atoms with E-state index in [0.717, 1.165) is 6.42 Å². The van der Waals surface area contributed by atoms with Crippen molar-refractivity contribution in [3.63, 3.8) is 0 Å². The van der Waals surface area contributed by atoms with E-state index in [4.69, 9.17) is 9.47 Å². The normalized spacial score (nSPS) is 13.3. The minimum atomic E-state index is -4.78. The van der Waals surface area contributed by atoms with Crippen LogP contribution in [0.4, 0.5) is 18.9 Å². The summed E-state index contributed by atoms with van der Waals surface area (Å²) in [6, 6.07) is 13.7. The maximum absolute atomic E-state index is 12.5. The van der Waals surface area contributed by atoms with Gasteiger partial charge in [-0.2, -0.15) is 0 Å². The molecule has 0 aliphatic carbocycles. The monoisotopic (exact) mass is 430 g/mol. The highest BCUT2D eigenvalue weighted by atomic mass is 19.4. The van der Waals surface area contributed by atoms with E-state index in [1.807, 2.05) is 0 Å². The zero-order valence-electron chi connectivity index (χ0n) is 16.1. The van der Waals surface area contributed by atoms with Crippen molar-refractivity contribution in [1.29, 1.82) is 0 Å². The summed E-state index contributed by atoms with van der Waals surface area (Å²) in [4.78, 5) is 16.7. The Labute approximate surface area is 175 Å². The van der Waals surface area contributed by atoms with Gasteiger partial charge in [0.2, 0.25) is 0 Å². The summed E-state index contributed by atoms with van der Waals surface area (Å²) in [5, 5.41) is 2.76. The Bertz CT molecular complexity index is 1080. The third-order valence-corrected chi connectivity index (χ3v) is 4.39. The molecule has 160 valence electrons. The van der Waals surface area contributed by atoms with Crippen molar-refractivity contribution in [1.82, 2.24) is 4.98 Å². The van der Waals surface area contributed by atoms with Crippen LogP contribution in [0.5, 0.6) is 17.2 Å². The Morgan fingerprint density at radius 3 is 2.55 bits per heavy atom. The predicted molar refractivity (Wildman–Crippen MR) is 106 cm³/mol. The molecule has 2 aromatic carbocycles. The highest BCUT2D eigenvalue weighted by molar-refractivity contribution is 6.04. The van der Waals surface area contributed by atoms with Crippen LogP contribution >= 0.6 is 0 Å². The largest absolute Gasteiger partial charge is 0.573 e. The van der Waals surface area contributed by atoms with Crippen LogP contribution in [0.25, 0.3) is 11.3 Å². The van der Waals surface area contributed by atoms with Gasteiger partial charge in [-0.3, -0.25) is 9.78 Å². The molecule has 4 rings (SSSR count). The molecule has 0 fully saturated rings. The van der Waals surface area contributed by atoms with E-state index in [0.29, 0.717) is 47.2 Å². The third-order valence-electron chi connectivity index (χ3n) is 4.39. The standard InChI is InChI=1S/C22H17F3N2O4/c23-22(24,25)31-17-4-1-3-14(11-17)18-7-5-15(13-26-18)21(28)27-16-6-8-19-20(12-16)30-10-2-9-29-19/h1,3-8,11-13H,2,9-10H2,(H,27,28). The fourth-order valence-electron chi connectivity index (χ4n) is 3.00. The molecule has 0 saturated heterocycles. The Morgan fingerprint density at radius 2 is 1.81 bits per heavy atom. The number of carbonyl (C=O) groups is 1. The summed E-state index contributed by atoms with van der Waals surface area (Å²) in [5.74, 6) is 0.453. The summed E-state index contributed by atoms with van der Waals surface area (Å²) in [7, 11) is 0. The highest BCUT2D eigenvalue weighted by Gasteiger charge is 2.31. The molecule has 3 aromatic rings. The van der Waals surface area contributed by atoms with Crippen molar-refractivity contribution in [3.8, 4) is 28.5 Å². The molecule has 0 bridgehead atoms. The summed E-state index contributed by atoms with van der Waals surface area (Å²) in [6.45, 7) is 1.10. The number of fused-ring (bicyclic) bond motifs is 1. The zero-order chi connectivity index (χ0) is 21.8. The van der Waals surface area contributed by atoms with Crippen molar-refractivity contribution in [2.24, 2.45) is 0 Å². The summed E-state index contributed by atoms with van der Waals surface area (Å²) in [6.07, 6.45) is -2.65. The molecular weight excluding hydrogens is 413 g/mol. The van der Waals surface area contributed by atoms with Crippen LogP contribution in [-0.4, -0.2) is 30.5 Å². The van der Waals surface area contributed by atoms with Gasteiger partial charge in [0.05, 0.1) is 24.5 Å². The maximum atomic E-state index is 12.5. The molecule has 0 spiro atoms. The van der Waals surface area contributed by atoms with Crippen LogP contribution < -0.4 is 19.5 Å². The first-order valence-electron chi connectivity index (χ1n) is 9.41. The third kappa shape index (κ3) is 5.25. The van der Waals surface area contributed by atoms with Gasteiger partial charge in [-0.05, 0) is 36.4 Å². The average Bonchev–Trinajstić information content (AvgIpc) is 2.98. The van der Waals surface area contributed by atoms with E-state index in [1.54, 1.807) is 30.3 Å². The quantitative estimate of drug-likeness (QED) is 0.627. The van der Waals surface area contributed by atoms with Crippen molar-refractivity contribution >= 4 is 11.6 Å². The number of nitrogens with one attached hydrogen (secondary N) is 1. The van der Waals surface area contributed by atoms with Gasteiger partial charge in [0.15, 0.2) is 11.5 Å². The number of aromatic nitrogens is 1. The molecule has 0 radical (unpaired) electrons. The lowest BCUT2D eigenvalue weighted by Crippen LogP contribution is -2.17. The first kappa shape index (κ1) is 20.5. The molecule has 1 aliphatic rings. The molecule has 1 aliphatic heterocycles. The van der Waals surface area contributed by atoms with Crippen LogP contribution in [0.2, 0.25) is 0 Å². The van der Waals surface area contributed by atoms with E-state index in [1.165, 1.54) is 30.5 Å². The number of amides is 1. The van der Waals surface area contributed by atoms with E-state index in [9.17, 15) is 18.0 Å². The summed E-state index contributed by atoms with van der Waals surface area (Å²) >= 11 is 0. The van der Waals surface area contributed by atoms with E-state index in [-0.39, 0.29) is 11.7 Å². The molecule has 1 amide bonds. The van der Waals surface area contributed by atoms with Gasteiger partial charge in [0, 0.05) is 29.9 Å². The lowest BCUT2D eigenvalue weighted by Gasteiger charge is -2.11. The van der Waals surface area contributed by atoms with E-state index in [2.05, 4.69) is 15.0 Å². The van der Waals surface area contributed by atoms with Crippen molar-refractivity contribution in [3.05, 3.63) is 66.4 Å². The average molecular weight is 430 g/mol. The number of anilines is 1. The van der Waals surface area contributed by atoms with Crippen LogP contribution in [0.15, 0.2) is 60.8 Å². The second-order valence-corrected chi connectivity index (χ2v) is 6.67. The van der Waals surface area contributed by atoms with E-state index >= 15 is 0 Å². The second kappa shape index (κ2) is 8.55. The number of nitrogens with zero attached hydrogens (tertiary/aromatic N) is 1. The Kier molecular flexibility index (Phi) is 5.66. The molecule has 2 heterocycles. The number of halogens is 3. The maximum Gasteiger partial charge on any atom is 0.573 e. The van der Waals surface area contributed by atoms with E-state index < -0.39 is 6.36 Å². The van der Waals surface area contributed by atoms with Gasteiger partial charge in [0.1, 0.15) is 5.75 Å². The van der Waals surface area contributed by atoms with Crippen molar-refractivity contribution in [2.45, 2.75) is 12.8 Å². The summed E-state index contributed by atoms with van der Waals surface area (Å²) < 4.78 is 52.3. The highest BCUT2D eigenvalue weighted by Crippen LogP contribution is 2.32. The molecule has 31 heavy (non-hydrogen) atoms. The first-order chi connectivity index (χ1) is 14.9. The molecule has 0 atom stereocenters. The van der Waals surface area contributed by atoms with Gasteiger partial charge in [-0.1, -0.05) is 12.1 Å².